The molecule has 0 aliphatic carbocycles. The average molecular weight is 352 g/mol. The quantitative estimate of drug-likeness (QED) is 0.789. The second-order valence-corrected chi connectivity index (χ2v) is 5.91. The van der Waals surface area contributed by atoms with Crippen molar-refractivity contribution in [1.82, 2.24) is 10.3 Å². The summed E-state index contributed by atoms with van der Waals surface area (Å²) < 4.78 is 16.1. The summed E-state index contributed by atoms with van der Waals surface area (Å²) in [6.45, 7) is 4.12. The lowest BCUT2D eigenvalue weighted by molar-refractivity contribution is -0.151. The lowest BCUT2D eigenvalue weighted by atomic mass is 10.1. The van der Waals surface area contributed by atoms with Gasteiger partial charge in [-0.25, -0.2) is 9.78 Å². The lowest BCUT2D eigenvalue weighted by Gasteiger charge is -2.19. The van der Waals surface area contributed by atoms with E-state index in [1.165, 1.54) is 19.4 Å². The van der Waals surface area contributed by atoms with E-state index >= 15 is 0 Å². The van der Waals surface area contributed by atoms with Crippen molar-refractivity contribution in [2.45, 2.75) is 51.4 Å². The predicted octanol–water partition coefficient (Wildman–Crippen LogP) is 1.41. The second kappa shape index (κ2) is 8.66. The normalized spacial score (nSPS) is 24.4. The first kappa shape index (κ1) is 19.0. The van der Waals surface area contributed by atoms with Gasteiger partial charge in [-0.1, -0.05) is 6.92 Å². The minimum absolute atomic E-state index is 0.0151. The van der Waals surface area contributed by atoms with E-state index in [0.717, 1.165) is 6.42 Å². The second-order valence-electron chi connectivity index (χ2n) is 5.91. The van der Waals surface area contributed by atoms with Crippen LogP contribution in [-0.2, 0) is 14.3 Å². The smallest absolute Gasteiger partial charge is 0.329 e. The molecule has 2 rings (SSSR count). The van der Waals surface area contributed by atoms with Gasteiger partial charge in [-0.05, 0) is 13.3 Å². The van der Waals surface area contributed by atoms with Crippen molar-refractivity contribution < 1.29 is 28.9 Å². The fourth-order valence-electron chi connectivity index (χ4n) is 2.65. The molecule has 3 atom stereocenters. The van der Waals surface area contributed by atoms with Crippen LogP contribution in [0.4, 0.5) is 0 Å². The molecular weight excluding hydrogens is 328 g/mol. The Morgan fingerprint density at radius 3 is 2.96 bits per heavy atom. The van der Waals surface area contributed by atoms with E-state index in [4.69, 9.17) is 14.2 Å². The van der Waals surface area contributed by atoms with Gasteiger partial charge < -0.3 is 24.6 Å². The number of nitrogens with one attached hydrogen (secondary N) is 1. The molecule has 0 spiro atoms. The summed E-state index contributed by atoms with van der Waals surface area (Å²) in [5, 5.41) is 12.6. The van der Waals surface area contributed by atoms with Gasteiger partial charge in [-0.15, -0.1) is 0 Å². The van der Waals surface area contributed by atoms with Crippen molar-refractivity contribution >= 4 is 11.9 Å². The average Bonchev–Trinajstić information content (AvgIpc) is 2.65. The Kier molecular flexibility index (Phi) is 6.58. The number of aromatic nitrogens is 1. The number of amides is 1. The van der Waals surface area contributed by atoms with Crippen molar-refractivity contribution in [1.29, 1.82) is 0 Å². The topological polar surface area (TPSA) is 107 Å². The van der Waals surface area contributed by atoms with Gasteiger partial charge in [0.05, 0.1) is 13.2 Å². The van der Waals surface area contributed by atoms with Gasteiger partial charge in [-0.3, -0.25) is 4.79 Å². The first-order valence-electron chi connectivity index (χ1n) is 8.31. The van der Waals surface area contributed by atoms with Gasteiger partial charge >= 0.3 is 5.97 Å². The van der Waals surface area contributed by atoms with E-state index in [1.54, 1.807) is 6.92 Å². The Balaban J connectivity index is 2.11. The molecule has 1 aliphatic rings. The maximum absolute atomic E-state index is 12.4. The van der Waals surface area contributed by atoms with E-state index < -0.39 is 17.9 Å². The molecule has 0 aromatic carbocycles. The highest BCUT2D eigenvalue weighted by atomic mass is 16.5. The zero-order chi connectivity index (χ0) is 18.4. The van der Waals surface area contributed by atoms with Gasteiger partial charge in [0.2, 0.25) is 0 Å². The minimum atomic E-state index is -0.877. The molecule has 25 heavy (non-hydrogen) atoms. The molecule has 1 aromatic heterocycles. The number of cyclic esters (lactones) is 1. The molecule has 0 radical (unpaired) electrons. The van der Waals surface area contributed by atoms with Crippen molar-refractivity contribution in [3.05, 3.63) is 18.0 Å². The van der Waals surface area contributed by atoms with E-state index in [-0.39, 0.29) is 35.8 Å². The van der Waals surface area contributed by atoms with E-state index in [9.17, 15) is 14.7 Å². The molecule has 0 bridgehead atoms. The van der Waals surface area contributed by atoms with Crippen LogP contribution in [0.1, 0.15) is 43.6 Å². The first-order valence-corrected chi connectivity index (χ1v) is 8.31. The van der Waals surface area contributed by atoms with Crippen molar-refractivity contribution in [2.75, 3.05) is 13.7 Å². The maximum Gasteiger partial charge on any atom is 0.329 e. The Morgan fingerprint density at radius 1 is 1.52 bits per heavy atom. The third-order valence-corrected chi connectivity index (χ3v) is 4.04. The van der Waals surface area contributed by atoms with Crippen molar-refractivity contribution in [3.8, 4) is 11.5 Å². The van der Waals surface area contributed by atoms with Gasteiger partial charge in [-0.2, -0.15) is 0 Å². The number of hydrogen-bond acceptors (Lipinski definition) is 7. The molecule has 0 saturated carbocycles. The Labute approximate surface area is 146 Å². The molecule has 8 heteroatoms. The van der Waals surface area contributed by atoms with Crippen LogP contribution in [0.25, 0.3) is 0 Å². The fraction of sp³-hybridized carbons (Fsp3) is 0.588. The SMILES string of the molecule is CCC1CC(C)OC(=O)[C@@H](NC(=O)c2nccc(OC)c2O)CCO1. The van der Waals surface area contributed by atoms with Crippen LogP contribution in [0.2, 0.25) is 0 Å². The van der Waals surface area contributed by atoms with Gasteiger partial charge in [0, 0.05) is 31.7 Å². The van der Waals surface area contributed by atoms with E-state index in [1.807, 2.05) is 6.92 Å². The van der Waals surface area contributed by atoms with Crippen LogP contribution in [0.3, 0.4) is 0 Å². The number of ether oxygens (including phenoxy) is 3. The van der Waals surface area contributed by atoms with Crippen LogP contribution in [-0.4, -0.2) is 53.9 Å². The van der Waals surface area contributed by atoms with Gasteiger partial charge in [0.15, 0.2) is 17.2 Å². The highest BCUT2D eigenvalue weighted by Crippen LogP contribution is 2.27. The summed E-state index contributed by atoms with van der Waals surface area (Å²) in [4.78, 5) is 28.5. The molecular formula is C17H24N2O6. The summed E-state index contributed by atoms with van der Waals surface area (Å²) >= 11 is 0. The molecule has 8 nitrogen and oxygen atoms in total. The number of methoxy groups -OCH3 is 1. The van der Waals surface area contributed by atoms with Crippen LogP contribution < -0.4 is 10.1 Å². The molecule has 2 heterocycles. The predicted molar refractivity (Wildman–Crippen MR) is 88.5 cm³/mol. The van der Waals surface area contributed by atoms with Crippen LogP contribution in [0.5, 0.6) is 11.5 Å². The van der Waals surface area contributed by atoms with Crippen LogP contribution in [0.15, 0.2) is 12.3 Å². The zero-order valence-electron chi connectivity index (χ0n) is 14.7. The summed E-state index contributed by atoms with van der Waals surface area (Å²) in [5.41, 5.74) is -0.215. The largest absolute Gasteiger partial charge is 0.503 e. The Morgan fingerprint density at radius 2 is 2.28 bits per heavy atom. The number of esters is 1. The number of aromatic hydroxyl groups is 1. The van der Waals surface area contributed by atoms with Crippen LogP contribution >= 0.6 is 0 Å². The molecule has 1 saturated heterocycles. The number of carbonyl (C=O) groups excluding carboxylic acids is 2. The molecule has 2 N–H and O–H groups in total. The Bertz CT molecular complexity index is 621. The molecule has 1 aromatic rings. The monoisotopic (exact) mass is 352 g/mol. The van der Waals surface area contributed by atoms with Crippen molar-refractivity contribution in [2.24, 2.45) is 0 Å². The zero-order valence-corrected chi connectivity index (χ0v) is 14.7. The number of carbonyl (C=O) groups is 2. The number of nitrogens with zero attached hydrogens (tertiary/aromatic N) is 1. The summed E-state index contributed by atoms with van der Waals surface area (Å²) in [7, 11) is 1.37. The fourth-order valence-corrected chi connectivity index (χ4v) is 2.65. The van der Waals surface area contributed by atoms with E-state index in [0.29, 0.717) is 13.0 Å². The summed E-state index contributed by atoms with van der Waals surface area (Å²) in [5.74, 6) is -1.46. The molecule has 1 amide bonds. The molecule has 1 aliphatic heterocycles. The third-order valence-electron chi connectivity index (χ3n) is 4.04. The highest BCUT2D eigenvalue weighted by Gasteiger charge is 2.29. The van der Waals surface area contributed by atoms with Gasteiger partial charge in [0.1, 0.15) is 12.1 Å². The van der Waals surface area contributed by atoms with Crippen LogP contribution in [0, 0.1) is 0 Å². The molecule has 1 fully saturated rings. The van der Waals surface area contributed by atoms with Crippen molar-refractivity contribution in [3.63, 3.8) is 0 Å². The minimum Gasteiger partial charge on any atom is -0.503 e. The molecule has 138 valence electrons. The number of pyridine rings is 1. The standard InChI is InChI=1S/C17H24N2O6/c1-4-11-9-10(2)25-17(22)12(6-8-24-11)19-16(21)14-15(20)13(23-3)5-7-18-14/h5,7,10-12,20H,4,6,8-9H2,1-3H3,(H,19,21)/t10?,11?,12-/m0/s1. The third kappa shape index (κ3) is 4.82. The molecule has 2 unspecified atom stereocenters. The highest BCUT2D eigenvalue weighted by molar-refractivity contribution is 5.97. The Hall–Kier alpha value is -2.35. The summed E-state index contributed by atoms with van der Waals surface area (Å²) in [6, 6.07) is 0.554. The first-order chi connectivity index (χ1) is 12.0. The van der Waals surface area contributed by atoms with Gasteiger partial charge in [0.25, 0.3) is 5.91 Å². The number of rotatable bonds is 4. The number of hydrogen-bond donors (Lipinski definition) is 2. The lowest BCUT2D eigenvalue weighted by Crippen LogP contribution is -2.43. The maximum atomic E-state index is 12.4. The van der Waals surface area contributed by atoms with E-state index in [2.05, 4.69) is 10.3 Å². The summed E-state index contributed by atoms with van der Waals surface area (Å²) in [6.07, 6.45) is 2.76.